The summed E-state index contributed by atoms with van der Waals surface area (Å²) in [4.78, 5) is 2.35. The van der Waals surface area contributed by atoms with Gasteiger partial charge in [-0.1, -0.05) is 20.8 Å². The molecule has 0 fully saturated rings. The number of aliphatic hydroxyl groups is 1. The van der Waals surface area contributed by atoms with Crippen LogP contribution >= 0.6 is 0 Å². The number of hydrogen-bond donors (Lipinski definition) is 2. The lowest BCUT2D eigenvalue weighted by atomic mass is 9.95. The first kappa shape index (κ1) is 15.9. The first-order valence-corrected chi connectivity index (χ1v) is 6.50. The number of hydrogen-bond acceptors (Lipinski definition) is 3. The van der Waals surface area contributed by atoms with Crippen LogP contribution in [0.5, 0.6) is 0 Å². The van der Waals surface area contributed by atoms with E-state index in [0.29, 0.717) is 6.04 Å². The van der Waals surface area contributed by atoms with E-state index >= 15 is 0 Å². The lowest BCUT2D eigenvalue weighted by molar-refractivity contribution is 0.150. The fraction of sp³-hybridized carbons (Fsp3) is 1.00. The van der Waals surface area contributed by atoms with Gasteiger partial charge in [0.05, 0.1) is 6.61 Å². The molecule has 1 unspecified atom stereocenters. The highest BCUT2D eigenvalue weighted by atomic mass is 16.3. The Bertz CT molecular complexity index is 173. The van der Waals surface area contributed by atoms with E-state index in [2.05, 4.69) is 45.0 Å². The topological polar surface area (TPSA) is 35.5 Å². The first-order valence-electron chi connectivity index (χ1n) is 6.50. The van der Waals surface area contributed by atoms with Gasteiger partial charge in [-0.2, -0.15) is 0 Å². The highest BCUT2D eigenvalue weighted by Gasteiger charge is 2.23. The van der Waals surface area contributed by atoms with Crippen molar-refractivity contribution in [2.24, 2.45) is 0 Å². The van der Waals surface area contributed by atoms with Gasteiger partial charge >= 0.3 is 0 Å². The molecule has 0 aliphatic rings. The Morgan fingerprint density at radius 2 is 1.94 bits per heavy atom. The highest BCUT2D eigenvalue weighted by molar-refractivity contribution is 4.83. The predicted molar refractivity (Wildman–Crippen MR) is 70.8 cm³/mol. The zero-order valence-electron chi connectivity index (χ0n) is 11.7. The Balaban J connectivity index is 3.85. The average Bonchev–Trinajstić information content (AvgIpc) is 2.17. The van der Waals surface area contributed by atoms with Crippen LogP contribution in [0.15, 0.2) is 0 Å². The van der Waals surface area contributed by atoms with E-state index in [1.807, 2.05) is 0 Å². The standard InChI is InChI=1S/C13H30N2O/c1-6-9-15(5)10-7-8-13(4,11-16)14-12(2)3/h12,14,16H,6-11H2,1-5H3. The van der Waals surface area contributed by atoms with Gasteiger partial charge in [0, 0.05) is 11.6 Å². The molecule has 98 valence electrons. The summed E-state index contributed by atoms with van der Waals surface area (Å²) in [6.45, 7) is 11.0. The van der Waals surface area contributed by atoms with E-state index in [-0.39, 0.29) is 12.1 Å². The number of nitrogens with zero attached hydrogens (tertiary/aromatic N) is 1. The van der Waals surface area contributed by atoms with Gasteiger partial charge in [-0.3, -0.25) is 0 Å². The van der Waals surface area contributed by atoms with Gasteiger partial charge in [-0.05, 0) is 46.3 Å². The van der Waals surface area contributed by atoms with Crippen molar-refractivity contribution < 1.29 is 5.11 Å². The van der Waals surface area contributed by atoms with Crippen molar-refractivity contribution in [2.75, 3.05) is 26.7 Å². The molecule has 0 radical (unpaired) electrons. The first-order chi connectivity index (χ1) is 7.43. The summed E-state index contributed by atoms with van der Waals surface area (Å²) in [5, 5.41) is 12.9. The Morgan fingerprint density at radius 1 is 1.31 bits per heavy atom. The number of nitrogens with one attached hydrogen (secondary N) is 1. The van der Waals surface area contributed by atoms with Crippen LogP contribution in [0.1, 0.15) is 47.0 Å². The molecule has 0 aromatic heterocycles. The van der Waals surface area contributed by atoms with Crippen LogP contribution in [0.25, 0.3) is 0 Å². The van der Waals surface area contributed by atoms with Crippen LogP contribution in [-0.2, 0) is 0 Å². The molecular formula is C13H30N2O. The monoisotopic (exact) mass is 230 g/mol. The van der Waals surface area contributed by atoms with Crippen LogP contribution in [0.2, 0.25) is 0 Å². The Hall–Kier alpha value is -0.120. The Labute approximate surface area is 101 Å². The van der Waals surface area contributed by atoms with Gasteiger partial charge < -0.3 is 15.3 Å². The van der Waals surface area contributed by atoms with Crippen LogP contribution in [0.3, 0.4) is 0 Å². The summed E-state index contributed by atoms with van der Waals surface area (Å²) < 4.78 is 0. The molecule has 2 N–H and O–H groups in total. The summed E-state index contributed by atoms with van der Waals surface area (Å²) >= 11 is 0. The van der Waals surface area contributed by atoms with Gasteiger partial charge in [0.15, 0.2) is 0 Å². The summed E-state index contributed by atoms with van der Waals surface area (Å²) in [7, 11) is 2.16. The molecule has 0 bridgehead atoms. The van der Waals surface area contributed by atoms with E-state index in [1.165, 1.54) is 6.42 Å². The molecule has 16 heavy (non-hydrogen) atoms. The smallest absolute Gasteiger partial charge is 0.0610 e. The summed E-state index contributed by atoms with van der Waals surface area (Å²) in [5.41, 5.74) is -0.124. The second-order valence-corrected chi connectivity index (χ2v) is 5.42. The van der Waals surface area contributed by atoms with Gasteiger partial charge in [0.2, 0.25) is 0 Å². The number of rotatable bonds is 9. The van der Waals surface area contributed by atoms with E-state index in [9.17, 15) is 5.11 Å². The van der Waals surface area contributed by atoms with E-state index in [1.54, 1.807) is 0 Å². The molecule has 0 aromatic carbocycles. The molecule has 0 rings (SSSR count). The largest absolute Gasteiger partial charge is 0.394 e. The van der Waals surface area contributed by atoms with Gasteiger partial charge in [-0.25, -0.2) is 0 Å². The molecule has 3 heteroatoms. The molecule has 0 aliphatic carbocycles. The van der Waals surface area contributed by atoms with Gasteiger partial charge in [0.25, 0.3) is 0 Å². The maximum atomic E-state index is 9.43. The fourth-order valence-corrected chi connectivity index (χ4v) is 2.13. The van der Waals surface area contributed by atoms with Crippen molar-refractivity contribution in [1.29, 1.82) is 0 Å². The molecule has 1 atom stereocenters. The molecule has 0 saturated carbocycles. The minimum absolute atomic E-state index is 0.124. The van der Waals surface area contributed by atoms with Crippen LogP contribution in [-0.4, -0.2) is 48.3 Å². The van der Waals surface area contributed by atoms with Crippen molar-refractivity contribution in [3.8, 4) is 0 Å². The summed E-state index contributed by atoms with van der Waals surface area (Å²) in [6, 6.07) is 0.422. The van der Waals surface area contributed by atoms with Crippen molar-refractivity contribution in [2.45, 2.75) is 58.5 Å². The molecule has 0 aliphatic heterocycles. The maximum Gasteiger partial charge on any atom is 0.0610 e. The Morgan fingerprint density at radius 3 is 2.38 bits per heavy atom. The van der Waals surface area contributed by atoms with Crippen molar-refractivity contribution in [3.05, 3.63) is 0 Å². The van der Waals surface area contributed by atoms with E-state index < -0.39 is 0 Å². The molecule has 0 heterocycles. The lowest BCUT2D eigenvalue weighted by Gasteiger charge is -2.31. The summed E-state index contributed by atoms with van der Waals surface area (Å²) in [5.74, 6) is 0. The Kier molecular flexibility index (Phi) is 7.98. The van der Waals surface area contributed by atoms with Gasteiger partial charge in [0.1, 0.15) is 0 Å². The van der Waals surface area contributed by atoms with Crippen LogP contribution < -0.4 is 5.32 Å². The van der Waals surface area contributed by atoms with Crippen molar-refractivity contribution in [1.82, 2.24) is 10.2 Å². The zero-order chi connectivity index (χ0) is 12.6. The summed E-state index contributed by atoms with van der Waals surface area (Å²) in [6.07, 6.45) is 3.36. The molecule has 0 aromatic rings. The molecule has 3 nitrogen and oxygen atoms in total. The molecule has 0 amide bonds. The molecule has 0 spiro atoms. The second kappa shape index (κ2) is 8.04. The van der Waals surface area contributed by atoms with Gasteiger partial charge in [-0.15, -0.1) is 0 Å². The minimum Gasteiger partial charge on any atom is -0.394 e. The fourth-order valence-electron chi connectivity index (χ4n) is 2.13. The third-order valence-electron chi connectivity index (χ3n) is 2.86. The second-order valence-electron chi connectivity index (χ2n) is 5.42. The number of aliphatic hydroxyl groups excluding tert-OH is 1. The third-order valence-corrected chi connectivity index (χ3v) is 2.86. The molecule has 0 saturated heterocycles. The van der Waals surface area contributed by atoms with Crippen LogP contribution in [0, 0.1) is 0 Å². The minimum atomic E-state index is -0.124. The van der Waals surface area contributed by atoms with E-state index in [4.69, 9.17) is 0 Å². The third kappa shape index (κ3) is 7.20. The van der Waals surface area contributed by atoms with E-state index in [0.717, 1.165) is 25.9 Å². The SMILES string of the molecule is CCCN(C)CCCC(C)(CO)NC(C)C. The van der Waals surface area contributed by atoms with Crippen molar-refractivity contribution in [3.63, 3.8) is 0 Å². The van der Waals surface area contributed by atoms with Crippen molar-refractivity contribution >= 4 is 0 Å². The van der Waals surface area contributed by atoms with Crippen LogP contribution in [0.4, 0.5) is 0 Å². The highest BCUT2D eigenvalue weighted by Crippen LogP contribution is 2.13. The average molecular weight is 230 g/mol. The predicted octanol–water partition coefficient (Wildman–Crippen LogP) is 1.86. The lowest BCUT2D eigenvalue weighted by Crippen LogP contribution is -2.49. The normalized spacial score (nSPS) is 15.8. The zero-order valence-corrected chi connectivity index (χ0v) is 11.7. The maximum absolute atomic E-state index is 9.43. The quantitative estimate of drug-likeness (QED) is 0.634. The molecular weight excluding hydrogens is 200 g/mol.